The highest BCUT2D eigenvalue weighted by molar-refractivity contribution is 7.13. The van der Waals surface area contributed by atoms with E-state index >= 15 is 0 Å². The lowest BCUT2D eigenvalue weighted by Gasteiger charge is -2.09. The second kappa shape index (κ2) is 11.1. The zero-order chi connectivity index (χ0) is 23.9. The van der Waals surface area contributed by atoms with Gasteiger partial charge in [-0.15, -0.1) is 11.3 Å². The molecule has 0 atom stereocenters. The number of carbonyl (C=O) groups excluding carboxylic acids is 1. The number of carbonyl (C=O) groups is 1. The molecule has 0 spiro atoms. The van der Waals surface area contributed by atoms with Gasteiger partial charge in [0.15, 0.2) is 11.5 Å². The predicted octanol–water partition coefficient (Wildman–Crippen LogP) is 5.60. The number of hydrogen-bond donors (Lipinski definition) is 0. The van der Waals surface area contributed by atoms with E-state index in [1.165, 1.54) is 11.3 Å². The molecule has 0 amide bonds. The number of aryl methyl sites for hydroxylation is 1. The Morgan fingerprint density at radius 1 is 1.09 bits per heavy atom. The molecule has 0 radical (unpaired) electrons. The van der Waals surface area contributed by atoms with Crippen molar-refractivity contribution in [1.29, 1.82) is 0 Å². The Morgan fingerprint density at radius 2 is 1.88 bits per heavy atom. The summed E-state index contributed by atoms with van der Waals surface area (Å²) in [4.78, 5) is 21.1. The van der Waals surface area contributed by atoms with Crippen LogP contribution in [0, 0.1) is 0 Å². The SMILES string of the molecule is CCOc1ccc(-c2nc(COC(=O)CCc3nc(-c4ccc(Cl)cc4)no3)cs2)cc1OC. The van der Waals surface area contributed by atoms with Crippen LogP contribution in [0.15, 0.2) is 52.4 Å². The monoisotopic (exact) mass is 499 g/mol. The summed E-state index contributed by atoms with van der Waals surface area (Å²) in [5.41, 5.74) is 2.35. The third-order valence-corrected chi connectivity index (χ3v) is 5.95. The Labute approximate surface area is 205 Å². The molecule has 4 rings (SSSR count). The van der Waals surface area contributed by atoms with Crippen LogP contribution in [-0.4, -0.2) is 34.8 Å². The Kier molecular flexibility index (Phi) is 7.76. The van der Waals surface area contributed by atoms with Crippen molar-refractivity contribution >= 4 is 28.9 Å². The maximum Gasteiger partial charge on any atom is 0.306 e. The van der Waals surface area contributed by atoms with Crippen molar-refractivity contribution in [2.24, 2.45) is 0 Å². The Bertz CT molecular complexity index is 1260. The fourth-order valence-corrected chi connectivity index (χ4v) is 4.02. The van der Waals surface area contributed by atoms with Gasteiger partial charge in [-0.3, -0.25) is 4.79 Å². The molecule has 0 fully saturated rings. The second-order valence-corrected chi connectivity index (χ2v) is 8.42. The average Bonchev–Trinajstić information content (AvgIpc) is 3.52. The van der Waals surface area contributed by atoms with E-state index in [1.54, 1.807) is 31.4 Å². The summed E-state index contributed by atoms with van der Waals surface area (Å²) in [7, 11) is 1.60. The van der Waals surface area contributed by atoms with Gasteiger partial charge in [-0.1, -0.05) is 16.8 Å². The van der Waals surface area contributed by atoms with E-state index in [-0.39, 0.29) is 25.4 Å². The average molecular weight is 500 g/mol. The number of hydrogen-bond acceptors (Lipinski definition) is 9. The second-order valence-electron chi connectivity index (χ2n) is 7.12. The highest BCUT2D eigenvalue weighted by Gasteiger charge is 2.14. The maximum absolute atomic E-state index is 12.2. The minimum absolute atomic E-state index is 0.0867. The number of nitrogens with zero attached hydrogens (tertiary/aromatic N) is 3. The van der Waals surface area contributed by atoms with Crippen molar-refractivity contribution in [3.8, 4) is 33.5 Å². The number of rotatable bonds is 10. The summed E-state index contributed by atoms with van der Waals surface area (Å²) in [6, 6.07) is 12.8. The zero-order valence-corrected chi connectivity index (χ0v) is 20.2. The highest BCUT2D eigenvalue weighted by atomic mass is 35.5. The van der Waals surface area contributed by atoms with Crippen LogP contribution in [0.3, 0.4) is 0 Å². The summed E-state index contributed by atoms with van der Waals surface area (Å²) < 4.78 is 21.5. The van der Waals surface area contributed by atoms with Crippen LogP contribution < -0.4 is 9.47 Å². The van der Waals surface area contributed by atoms with Crippen LogP contribution in [0.1, 0.15) is 24.9 Å². The van der Waals surface area contributed by atoms with Crippen molar-refractivity contribution in [3.05, 3.63) is 64.5 Å². The molecule has 0 N–H and O–H groups in total. The van der Waals surface area contributed by atoms with Crippen LogP contribution in [0.4, 0.5) is 0 Å². The molecule has 0 aliphatic rings. The molecule has 2 heterocycles. The molecule has 0 bridgehead atoms. The number of halogens is 1. The number of esters is 1. The Hall–Kier alpha value is -3.43. The summed E-state index contributed by atoms with van der Waals surface area (Å²) in [5, 5.41) is 7.23. The predicted molar refractivity (Wildman–Crippen MR) is 128 cm³/mol. The van der Waals surface area contributed by atoms with Crippen molar-refractivity contribution < 1.29 is 23.5 Å². The van der Waals surface area contributed by atoms with Gasteiger partial charge in [-0.2, -0.15) is 4.98 Å². The molecular formula is C24H22ClN3O5S. The lowest BCUT2D eigenvalue weighted by molar-refractivity contribution is -0.145. The molecule has 0 saturated heterocycles. The molecule has 4 aromatic rings. The van der Waals surface area contributed by atoms with E-state index < -0.39 is 0 Å². The van der Waals surface area contributed by atoms with E-state index in [9.17, 15) is 4.79 Å². The van der Waals surface area contributed by atoms with E-state index in [2.05, 4.69) is 15.1 Å². The number of ether oxygens (including phenoxy) is 3. The highest BCUT2D eigenvalue weighted by Crippen LogP contribution is 2.34. The quantitative estimate of drug-likeness (QED) is 0.260. The third kappa shape index (κ3) is 5.92. The van der Waals surface area contributed by atoms with Crippen LogP contribution in [0.25, 0.3) is 22.0 Å². The Balaban J connectivity index is 1.28. The van der Waals surface area contributed by atoms with E-state index in [4.69, 9.17) is 30.3 Å². The largest absolute Gasteiger partial charge is 0.493 e. The van der Waals surface area contributed by atoms with Gasteiger partial charge >= 0.3 is 5.97 Å². The Morgan fingerprint density at radius 3 is 2.65 bits per heavy atom. The molecule has 176 valence electrons. The van der Waals surface area contributed by atoms with Gasteiger partial charge in [0.2, 0.25) is 11.7 Å². The first-order valence-corrected chi connectivity index (χ1v) is 11.8. The summed E-state index contributed by atoms with van der Waals surface area (Å²) in [5.74, 6) is 1.76. The van der Waals surface area contributed by atoms with Crippen molar-refractivity contribution in [2.75, 3.05) is 13.7 Å². The molecule has 2 aromatic carbocycles. The molecule has 0 aliphatic heterocycles. The lowest BCUT2D eigenvalue weighted by atomic mass is 10.2. The maximum atomic E-state index is 12.2. The fourth-order valence-electron chi connectivity index (χ4n) is 3.09. The van der Waals surface area contributed by atoms with Crippen LogP contribution in [0.2, 0.25) is 5.02 Å². The summed E-state index contributed by atoms with van der Waals surface area (Å²) in [6.07, 6.45) is 0.406. The van der Waals surface area contributed by atoms with Crippen LogP contribution in [0.5, 0.6) is 11.5 Å². The first-order chi connectivity index (χ1) is 16.6. The number of thiazole rings is 1. The molecular weight excluding hydrogens is 478 g/mol. The van der Waals surface area contributed by atoms with Gasteiger partial charge < -0.3 is 18.7 Å². The van der Waals surface area contributed by atoms with Crippen LogP contribution in [-0.2, 0) is 22.6 Å². The smallest absolute Gasteiger partial charge is 0.306 e. The lowest BCUT2D eigenvalue weighted by Crippen LogP contribution is -2.06. The van der Waals surface area contributed by atoms with Gasteiger partial charge in [0.25, 0.3) is 0 Å². The van der Waals surface area contributed by atoms with E-state index in [0.717, 1.165) is 16.1 Å². The minimum atomic E-state index is -0.372. The van der Waals surface area contributed by atoms with Gasteiger partial charge in [0, 0.05) is 28.0 Å². The minimum Gasteiger partial charge on any atom is -0.493 e. The zero-order valence-electron chi connectivity index (χ0n) is 18.6. The number of aromatic nitrogens is 3. The normalized spacial score (nSPS) is 10.8. The van der Waals surface area contributed by atoms with Gasteiger partial charge in [0.05, 0.1) is 25.8 Å². The standard InChI is InChI=1S/C24H22ClN3O5S/c1-3-31-19-9-6-16(12-20(19)30-2)24-26-18(14-34-24)13-32-22(29)11-10-21-27-23(28-33-21)15-4-7-17(25)8-5-15/h4-9,12,14H,3,10-11,13H2,1-2H3. The first-order valence-electron chi connectivity index (χ1n) is 10.6. The van der Waals surface area contributed by atoms with Gasteiger partial charge in [-0.05, 0) is 49.4 Å². The van der Waals surface area contributed by atoms with E-state index in [1.807, 2.05) is 30.5 Å². The summed E-state index contributed by atoms with van der Waals surface area (Å²) in [6.45, 7) is 2.56. The molecule has 8 nitrogen and oxygen atoms in total. The molecule has 0 unspecified atom stereocenters. The fraction of sp³-hybridized carbons (Fsp3) is 0.250. The van der Waals surface area contributed by atoms with E-state index in [0.29, 0.717) is 40.5 Å². The van der Waals surface area contributed by atoms with Crippen molar-refractivity contribution in [2.45, 2.75) is 26.4 Å². The number of benzene rings is 2. The van der Waals surface area contributed by atoms with Gasteiger partial charge in [-0.25, -0.2) is 4.98 Å². The first kappa shape index (κ1) is 23.7. The topological polar surface area (TPSA) is 96.6 Å². The summed E-state index contributed by atoms with van der Waals surface area (Å²) >= 11 is 7.36. The number of methoxy groups -OCH3 is 1. The van der Waals surface area contributed by atoms with Gasteiger partial charge in [0.1, 0.15) is 11.6 Å². The van der Waals surface area contributed by atoms with Crippen LogP contribution >= 0.6 is 22.9 Å². The molecule has 2 aromatic heterocycles. The van der Waals surface area contributed by atoms with Crippen molar-refractivity contribution in [1.82, 2.24) is 15.1 Å². The molecule has 10 heteroatoms. The van der Waals surface area contributed by atoms with Crippen molar-refractivity contribution in [3.63, 3.8) is 0 Å². The molecule has 34 heavy (non-hydrogen) atoms. The third-order valence-electron chi connectivity index (χ3n) is 4.76. The molecule has 0 aliphatic carbocycles. The molecule has 0 saturated carbocycles.